The third-order valence-corrected chi connectivity index (χ3v) is 7.46. The number of amides is 2. The summed E-state index contributed by atoms with van der Waals surface area (Å²) in [7, 11) is 2.03. The summed E-state index contributed by atoms with van der Waals surface area (Å²) in [6, 6.07) is 9.28. The number of halogens is 2. The SMILES string of the molecule is Cc1cc2c(F)c(Oc3ncnc(Nc4ccc(C(=O)N5CCN(C)CC5)cc4)c3C(=O)N3CCC3)cc(F)c2[nH]1. The van der Waals surface area contributed by atoms with Gasteiger partial charge in [-0.25, -0.2) is 18.7 Å². The highest BCUT2D eigenvalue weighted by atomic mass is 19.1. The van der Waals surface area contributed by atoms with Crippen molar-refractivity contribution in [3.63, 3.8) is 0 Å². The van der Waals surface area contributed by atoms with E-state index in [1.54, 1.807) is 36.1 Å². The van der Waals surface area contributed by atoms with Crippen molar-refractivity contribution in [3.05, 3.63) is 71.2 Å². The standard InChI is InChI=1S/C29H29F2N7O3/c1-17-14-20-24(31)22(15-21(30)25(20)34-17)41-27-23(29(40)37-8-3-9-37)26(32-16-33-27)35-19-6-4-18(5-7-19)28(39)38-12-10-36(2)11-13-38/h4-7,14-16,34H,3,8-13H2,1-2H3,(H,32,33,35). The molecule has 0 spiro atoms. The number of aromatic amines is 1. The molecule has 0 bridgehead atoms. The Morgan fingerprint density at radius 3 is 2.34 bits per heavy atom. The van der Waals surface area contributed by atoms with Crippen molar-refractivity contribution >= 4 is 34.2 Å². The number of aryl methyl sites for hydroxylation is 1. The summed E-state index contributed by atoms with van der Waals surface area (Å²) in [6.45, 7) is 5.78. The van der Waals surface area contributed by atoms with Gasteiger partial charge in [0.05, 0.1) is 5.52 Å². The van der Waals surface area contributed by atoms with E-state index in [-0.39, 0.29) is 34.1 Å². The lowest BCUT2D eigenvalue weighted by molar-refractivity contribution is 0.0646. The minimum atomic E-state index is -0.776. The molecule has 4 heterocycles. The molecule has 2 aromatic carbocycles. The number of piperazine rings is 1. The van der Waals surface area contributed by atoms with Gasteiger partial charge in [0.25, 0.3) is 11.8 Å². The van der Waals surface area contributed by atoms with Crippen LogP contribution in [0.3, 0.4) is 0 Å². The molecule has 2 N–H and O–H groups in total. The third kappa shape index (κ3) is 5.18. The number of aromatic nitrogens is 3. The summed E-state index contributed by atoms with van der Waals surface area (Å²) in [5.41, 5.74) is 1.74. The quantitative estimate of drug-likeness (QED) is 0.361. The van der Waals surface area contributed by atoms with Gasteiger partial charge in [-0.05, 0) is 50.7 Å². The number of nitrogens with one attached hydrogen (secondary N) is 2. The Balaban J connectivity index is 1.29. The number of nitrogens with zero attached hydrogens (tertiary/aromatic N) is 5. The highest BCUT2D eigenvalue weighted by Crippen LogP contribution is 2.35. The van der Waals surface area contributed by atoms with Gasteiger partial charge in [0.15, 0.2) is 23.2 Å². The largest absolute Gasteiger partial charge is 0.435 e. The van der Waals surface area contributed by atoms with Crippen LogP contribution in [0, 0.1) is 18.6 Å². The molecule has 0 unspecified atom stereocenters. The number of likely N-dealkylation sites (tertiary alicyclic amines) is 1. The molecular weight excluding hydrogens is 532 g/mol. The smallest absolute Gasteiger partial charge is 0.263 e. The van der Waals surface area contributed by atoms with E-state index in [0.717, 1.165) is 25.6 Å². The number of anilines is 2. The van der Waals surface area contributed by atoms with Crippen LogP contribution in [0.15, 0.2) is 42.7 Å². The molecule has 2 aromatic heterocycles. The van der Waals surface area contributed by atoms with Crippen LogP contribution < -0.4 is 10.1 Å². The van der Waals surface area contributed by atoms with Crippen molar-refractivity contribution in [3.8, 4) is 11.6 Å². The predicted molar refractivity (Wildman–Crippen MR) is 149 cm³/mol. The minimum absolute atomic E-state index is 0.00468. The van der Waals surface area contributed by atoms with Crippen molar-refractivity contribution < 1.29 is 23.1 Å². The highest BCUT2D eigenvalue weighted by molar-refractivity contribution is 6.02. The van der Waals surface area contributed by atoms with Gasteiger partial charge in [-0.3, -0.25) is 9.59 Å². The summed E-state index contributed by atoms with van der Waals surface area (Å²) >= 11 is 0. The van der Waals surface area contributed by atoms with E-state index < -0.39 is 23.3 Å². The lowest BCUT2D eigenvalue weighted by Crippen LogP contribution is -2.47. The maximum atomic E-state index is 15.3. The highest BCUT2D eigenvalue weighted by Gasteiger charge is 2.30. The summed E-state index contributed by atoms with van der Waals surface area (Å²) < 4.78 is 35.8. The third-order valence-electron chi connectivity index (χ3n) is 7.46. The second kappa shape index (κ2) is 10.8. The molecule has 0 atom stereocenters. The zero-order valence-corrected chi connectivity index (χ0v) is 22.7. The molecule has 0 aliphatic carbocycles. The molecule has 2 saturated heterocycles. The number of carbonyl (C=O) groups is 2. The first-order chi connectivity index (χ1) is 19.8. The summed E-state index contributed by atoms with van der Waals surface area (Å²) in [6.07, 6.45) is 2.04. The number of hydrogen-bond donors (Lipinski definition) is 2. The first-order valence-electron chi connectivity index (χ1n) is 13.4. The number of rotatable bonds is 6. The average Bonchev–Trinajstić information content (AvgIpc) is 3.34. The van der Waals surface area contributed by atoms with E-state index >= 15 is 4.39 Å². The van der Waals surface area contributed by atoms with Crippen LogP contribution in [0.5, 0.6) is 11.6 Å². The Hall–Kier alpha value is -4.58. The number of hydrogen-bond acceptors (Lipinski definition) is 7. The molecule has 2 aliphatic heterocycles. The van der Waals surface area contributed by atoms with Crippen LogP contribution in [-0.2, 0) is 0 Å². The van der Waals surface area contributed by atoms with E-state index in [1.807, 2.05) is 11.9 Å². The molecule has 12 heteroatoms. The Morgan fingerprint density at radius 1 is 0.951 bits per heavy atom. The van der Waals surface area contributed by atoms with Gasteiger partial charge in [0, 0.05) is 67.7 Å². The van der Waals surface area contributed by atoms with E-state index in [9.17, 15) is 14.0 Å². The first-order valence-corrected chi connectivity index (χ1v) is 13.4. The molecule has 0 radical (unpaired) electrons. The summed E-state index contributed by atoms with van der Waals surface area (Å²) in [4.78, 5) is 43.2. The van der Waals surface area contributed by atoms with Crippen molar-refractivity contribution in [2.75, 3.05) is 51.6 Å². The molecule has 4 aromatic rings. The Labute approximate surface area is 234 Å². The molecule has 2 amide bonds. The van der Waals surface area contributed by atoms with Gasteiger partial charge in [-0.2, -0.15) is 0 Å². The van der Waals surface area contributed by atoms with Crippen molar-refractivity contribution in [2.24, 2.45) is 0 Å². The maximum Gasteiger partial charge on any atom is 0.263 e. The van der Waals surface area contributed by atoms with Crippen molar-refractivity contribution in [1.82, 2.24) is 29.7 Å². The van der Waals surface area contributed by atoms with Gasteiger partial charge in [0.1, 0.15) is 11.9 Å². The molecule has 6 rings (SSSR count). The van der Waals surface area contributed by atoms with Gasteiger partial charge in [0.2, 0.25) is 5.88 Å². The number of H-pyrrole nitrogens is 1. The number of fused-ring (bicyclic) bond motifs is 1. The topological polar surface area (TPSA) is 107 Å². The Kier molecular flexibility index (Phi) is 7.00. The first kappa shape index (κ1) is 26.6. The monoisotopic (exact) mass is 561 g/mol. The van der Waals surface area contributed by atoms with Gasteiger partial charge < -0.3 is 29.7 Å². The molecule has 2 aliphatic rings. The fourth-order valence-corrected chi connectivity index (χ4v) is 4.95. The summed E-state index contributed by atoms with van der Waals surface area (Å²) in [5.74, 6) is -2.37. The maximum absolute atomic E-state index is 15.3. The second-order valence-corrected chi connectivity index (χ2v) is 10.4. The number of carbonyl (C=O) groups excluding carboxylic acids is 2. The van der Waals surface area contributed by atoms with Crippen LogP contribution in [0.25, 0.3) is 10.9 Å². The second-order valence-electron chi connectivity index (χ2n) is 10.4. The fraction of sp³-hybridized carbons (Fsp3) is 0.310. The fourth-order valence-electron chi connectivity index (χ4n) is 4.95. The van der Waals surface area contributed by atoms with Gasteiger partial charge >= 0.3 is 0 Å². The van der Waals surface area contributed by atoms with Crippen LogP contribution in [-0.4, -0.2) is 87.8 Å². The van der Waals surface area contributed by atoms with Gasteiger partial charge in [-0.1, -0.05) is 0 Å². The van der Waals surface area contributed by atoms with Crippen LogP contribution in [0.4, 0.5) is 20.3 Å². The molecule has 2 fully saturated rings. The lowest BCUT2D eigenvalue weighted by Gasteiger charge is -2.32. The molecule has 212 valence electrons. The van der Waals surface area contributed by atoms with E-state index in [1.165, 1.54) is 12.4 Å². The zero-order chi connectivity index (χ0) is 28.7. The Bertz CT molecular complexity index is 1630. The number of likely N-dealkylation sites (N-methyl/N-ethyl adjacent to an activating group) is 1. The predicted octanol–water partition coefficient (Wildman–Crippen LogP) is 4.31. The Morgan fingerprint density at radius 2 is 1.66 bits per heavy atom. The van der Waals surface area contributed by atoms with Crippen LogP contribution >= 0.6 is 0 Å². The zero-order valence-electron chi connectivity index (χ0n) is 22.7. The van der Waals surface area contributed by atoms with Crippen LogP contribution in [0.1, 0.15) is 32.8 Å². The molecular formula is C29H29F2N7O3. The van der Waals surface area contributed by atoms with Gasteiger partial charge in [-0.15, -0.1) is 0 Å². The summed E-state index contributed by atoms with van der Waals surface area (Å²) in [5, 5.41) is 3.14. The van der Waals surface area contributed by atoms with Crippen LogP contribution in [0.2, 0.25) is 0 Å². The number of ether oxygens (including phenoxy) is 1. The molecule has 0 saturated carbocycles. The van der Waals surface area contributed by atoms with Crippen molar-refractivity contribution in [1.29, 1.82) is 0 Å². The lowest BCUT2D eigenvalue weighted by atomic mass is 10.1. The normalized spacial score (nSPS) is 15.6. The van der Waals surface area contributed by atoms with E-state index in [0.29, 0.717) is 43.1 Å². The molecule has 10 nitrogen and oxygen atoms in total. The van der Waals surface area contributed by atoms with E-state index in [4.69, 9.17) is 4.74 Å². The molecule has 41 heavy (non-hydrogen) atoms. The minimum Gasteiger partial charge on any atom is -0.435 e. The number of benzene rings is 2. The van der Waals surface area contributed by atoms with E-state index in [2.05, 4.69) is 25.2 Å². The average molecular weight is 562 g/mol. The van der Waals surface area contributed by atoms with Crippen molar-refractivity contribution in [2.45, 2.75) is 13.3 Å².